The van der Waals surface area contributed by atoms with Crippen LogP contribution in [0, 0.1) is 13.8 Å². The van der Waals surface area contributed by atoms with E-state index in [-0.39, 0.29) is 37.7 Å². The number of rotatable bonds is 12. The number of amides is 2. The number of nitrogens with one attached hydrogen (secondary N) is 1. The fraction of sp³-hybridized carbons (Fsp3) is 0.394. The van der Waals surface area contributed by atoms with Crippen LogP contribution in [0.5, 0.6) is 0 Å². The standard InChI is InChI=1S/C33H42ClN3O4S/c1-24-14-17-27(18-15-24)23-36(30(32(39)35-33(3,4)5)21-26-11-8-7-9-12-26)31(38)13-10-20-37(42(6,40)41)29-22-28(34)19-16-25(29)2/h7-9,11-12,14-19,22,30H,10,13,20-21,23H2,1-6H3,(H,35,39). The second kappa shape index (κ2) is 14.2. The Labute approximate surface area is 255 Å². The molecule has 7 nitrogen and oxygen atoms in total. The molecular weight excluding hydrogens is 570 g/mol. The molecule has 42 heavy (non-hydrogen) atoms. The van der Waals surface area contributed by atoms with Crippen LogP contribution in [0.4, 0.5) is 5.69 Å². The van der Waals surface area contributed by atoms with Crippen LogP contribution < -0.4 is 9.62 Å². The number of halogens is 1. The van der Waals surface area contributed by atoms with Crippen LogP contribution in [-0.2, 0) is 32.6 Å². The summed E-state index contributed by atoms with van der Waals surface area (Å²) >= 11 is 6.18. The first-order valence-electron chi connectivity index (χ1n) is 14.1. The SMILES string of the molecule is Cc1ccc(CN(C(=O)CCCN(c2cc(Cl)ccc2C)S(C)(=O)=O)C(Cc2ccccc2)C(=O)NC(C)(C)C)cc1. The molecule has 1 unspecified atom stereocenters. The first-order valence-corrected chi connectivity index (χ1v) is 16.3. The molecule has 0 bridgehead atoms. The molecule has 226 valence electrons. The zero-order chi connectivity index (χ0) is 31.1. The van der Waals surface area contributed by atoms with E-state index in [4.69, 9.17) is 11.6 Å². The van der Waals surface area contributed by atoms with Gasteiger partial charge in [0.1, 0.15) is 6.04 Å². The number of nitrogens with zero attached hydrogens (tertiary/aromatic N) is 2. The quantitative estimate of drug-likeness (QED) is 0.270. The maximum atomic E-state index is 14.0. The molecule has 0 aliphatic carbocycles. The van der Waals surface area contributed by atoms with Crippen molar-refractivity contribution in [3.63, 3.8) is 0 Å². The van der Waals surface area contributed by atoms with Gasteiger partial charge in [-0.3, -0.25) is 13.9 Å². The van der Waals surface area contributed by atoms with E-state index in [2.05, 4.69) is 5.32 Å². The molecule has 3 aromatic carbocycles. The predicted molar refractivity (Wildman–Crippen MR) is 171 cm³/mol. The highest BCUT2D eigenvalue weighted by Gasteiger charge is 2.32. The first-order chi connectivity index (χ1) is 19.6. The minimum atomic E-state index is -3.63. The Kier molecular flexibility index (Phi) is 11.2. The number of carbonyl (C=O) groups excluding carboxylic acids is 2. The van der Waals surface area contributed by atoms with Crippen LogP contribution in [0.15, 0.2) is 72.8 Å². The lowest BCUT2D eigenvalue weighted by atomic mass is 10.00. The van der Waals surface area contributed by atoms with E-state index in [1.165, 1.54) is 4.31 Å². The van der Waals surface area contributed by atoms with Crippen LogP contribution in [-0.4, -0.2) is 49.5 Å². The molecule has 3 aromatic rings. The summed E-state index contributed by atoms with van der Waals surface area (Å²) < 4.78 is 26.8. The Morgan fingerprint density at radius 1 is 0.929 bits per heavy atom. The van der Waals surface area contributed by atoms with E-state index in [0.717, 1.165) is 28.5 Å². The van der Waals surface area contributed by atoms with Crippen LogP contribution in [0.25, 0.3) is 0 Å². The smallest absolute Gasteiger partial charge is 0.243 e. The van der Waals surface area contributed by atoms with Gasteiger partial charge in [0.2, 0.25) is 21.8 Å². The van der Waals surface area contributed by atoms with Crippen molar-refractivity contribution in [1.29, 1.82) is 0 Å². The highest BCUT2D eigenvalue weighted by molar-refractivity contribution is 7.92. The summed E-state index contributed by atoms with van der Waals surface area (Å²) in [6.45, 7) is 9.90. The van der Waals surface area contributed by atoms with Crippen molar-refractivity contribution >= 4 is 39.1 Å². The second-order valence-corrected chi connectivity index (χ2v) is 14.2. The molecule has 0 radical (unpaired) electrons. The van der Waals surface area contributed by atoms with Gasteiger partial charge in [-0.2, -0.15) is 0 Å². The zero-order valence-corrected chi connectivity index (χ0v) is 26.9. The Morgan fingerprint density at radius 3 is 2.17 bits per heavy atom. The summed E-state index contributed by atoms with van der Waals surface area (Å²) in [5.41, 5.74) is 3.70. The lowest BCUT2D eigenvalue weighted by molar-refractivity contribution is -0.142. The van der Waals surface area contributed by atoms with Gasteiger partial charge < -0.3 is 10.2 Å². The molecule has 0 saturated carbocycles. The van der Waals surface area contributed by atoms with Crippen LogP contribution in [0.1, 0.15) is 55.9 Å². The highest BCUT2D eigenvalue weighted by Crippen LogP contribution is 2.27. The summed E-state index contributed by atoms with van der Waals surface area (Å²) in [6, 6.07) is 21.9. The summed E-state index contributed by atoms with van der Waals surface area (Å²) in [5, 5.41) is 3.49. The summed E-state index contributed by atoms with van der Waals surface area (Å²) in [7, 11) is -3.63. The maximum absolute atomic E-state index is 14.0. The third kappa shape index (κ3) is 9.88. The minimum Gasteiger partial charge on any atom is -0.350 e. The van der Waals surface area contributed by atoms with Crippen LogP contribution in [0.3, 0.4) is 0 Å². The van der Waals surface area contributed by atoms with E-state index in [1.807, 2.05) is 89.2 Å². The van der Waals surface area contributed by atoms with E-state index in [0.29, 0.717) is 17.1 Å². The van der Waals surface area contributed by atoms with Gasteiger partial charge >= 0.3 is 0 Å². The fourth-order valence-corrected chi connectivity index (χ4v) is 5.91. The Bertz CT molecular complexity index is 1470. The van der Waals surface area contributed by atoms with Crippen molar-refractivity contribution in [2.24, 2.45) is 0 Å². The van der Waals surface area contributed by atoms with Crippen LogP contribution in [0.2, 0.25) is 5.02 Å². The Morgan fingerprint density at radius 2 is 1.57 bits per heavy atom. The molecule has 0 spiro atoms. The van der Waals surface area contributed by atoms with Gasteiger partial charge in [-0.1, -0.05) is 77.8 Å². The lowest BCUT2D eigenvalue weighted by Gasteiger charge is -2.34. The van der Waals surface area contributed by atoms with Crippen molar-refractivity contribution < 1.29 is 18.0 Å². The van der Waals surface area contributed by atoms with Crippen molar-refractivity contribution in [2.75, 3.05) is 17.1 Å². The number of aryl methyl sites for hydroxylation is 2. The van der Waals surface area contributed by atoms with Gasteiger partial charge in [0.05, 0.1) is 11.9 Å². The molecule has 3 rings (SSSR count). The van der Waals surface area contributed by atoms with E-state index >= 15 is 0 Å². The van der Waals surface area contributed by atoms with Gasteiger partial charge in [0.15, 0.2) is 0 Å². The average Bonchev–Trinajstić information content (AvgIpc) is 2.90. The predicted octanol–water partition coefficient (Wildman–Crippen LogP) is 6.06. The number of sulfonamides is 1. The third-order valence-corrected chi connectivity index (χ3v) is 8.25. The molecule has 0 saturated heterocycles. The van der Waals surface area contributed by atoms with Crippen molar-refractivity contribution in [1.82, 2.24) is 10.2 Å². The Hall–Kier alpha value is -3.36. The molecule has 0 aliphatic heterocycles. The molecule has 0 fully saturated rings. The van der Waals surface area contributed by atoms with Crippen molar-refractivity contribution in [2.45, 2.75) is 72.0 Å². The molecule has 9 heteroatoms. The molecule has 0 aliphatic rings. The summed E-state index contributed by atoms with van der Waals surface area (Å²) in [4.78, 5) is 29.3. The van der Waals surface area contributed by atoms with Gasteiger partial charge in [-0.05, 0) is 69.9 Å². The molecule has 0 aromatic heterocycles. The topological polar surface area (TPSA) is 86.8 Å². The highest BCUT2D eigenvalue weighted by atomic mass is 35.5. The molecule has 1 atom stereocenters. The van der Waals surface area contributed by atoms with Gasteiger partial charge in [0.25, 0.3) is 0 Å². The van der Waals surface area contributed by atoms with Crippen molar-refractivity contribution in [3.05, 3.63) is 100 Å². The number of hydrogen-bond donors (Lipinski definition) is 1. The fourth-order valence-electron chi connectivity index (χ4n) is 4.73. The van der Waals surface area contributed by atoms with Crippen molar-refractivity contribution in [3.8, 4) is 0 Å². The average molecular weight is 612 g/mol. The summed E-state index contributed by atoms with van der Waals surface area (Å²) in [6.07, 6.45) is 1.82. The second-order valence-electron chi connectivity index (χ2n) is 11.8. The Balaban J connectivity index is 1.92. The third-order valence-electron chi connectivity index (χ3n) is 6.83. The molecule has 2 amide bonds. The number of carbonyl (C=O) groups is 2. The first kappa shape index (κ1) is 33.1. The number of hydrogen-bond acceptors (Lipinski definition) is 4. The van der Waals surface area contributed by atoms with E-state index < -0.39 is 21.6 Å². The summed E-state index contributed by atoms with van der Waals surface area (Å²) in [5.74, 6) is -0.462. The van der Waals surface area contributed by atoms with Gasteiger partial charge in [0, 0.05) is 36.5 Å². The van der Waals surface area contributed by atoms with Crippen LogP contribution >= 0.6 is 11.6 Å². The maximum Gasteiger partial charge on any atom is 0.243 e. The minimum absolute atomic E-state index is 0.0611. The van der Waals surface area contributed by atoms with Gasteiger partial charge in [-0.15, -0.1) is 0 Å². The van der Waals surface area contributed by atoms with Gasteiger partial charge in [-0.25, -0.2) is 8.42 Å². The zero-order valence-electron chi connectivity index (χ0n) is 25.4. The number of anilines is 1. The molecule has 0 heterocycles. The van der Waals surface area contributed by atoms with E-state index in [9.17, 15) is 18.0 Å². The largest absolute Gasteiger partial charge is 0.350 e. The lowest BCUT2D eigenvalue weighted by Crippen LogP contribution is -2.54. The van der Waals surface area contributed by atoms with E-state index in [1.54, 1.807) is 23.1 Å². The monoisotopic (exact) mass is 611 g/mol. The molecule has 1 N–H and O–H groups in total. The normalized spacial score (nSPS) is 12.5. The molecular formula is C33H42ClN3O4S. The number of benzene rings is 3.